The molecule has 2 aromatic rings. The number of benzene rings is 1. The third-order valence-corrected chi connectivity index (χ3v) is 15.8. The number of amides is 9. The van der Waals surface area contributed by atoms with Crippen molar-refractivity contribution in [3.63, 3.8) is 0 Å². The maximum atomic E-state index is 14.3. The summed E-state index contributed by atoms with van der Waals surface area (Å²) in [6.45, 7) is -2.06. The number of hydrogen-bond donors (Lipinski definition) is 16. The van der Waals surface area contributed by atoms with Gasteiger partial charge in [-0.2, -0.15) is 0 Å². The minimum absolute atomic E-state index is 0.0379. The summed E-state index contributed by atoms with van der Waals surface area (Å²) < 4.78 is 0. The Balaban J connectivity index is 1.22. The van der Waals surface area contributed by atoms with E-state index in [1.165, 1.54) is 28.0 Å². The van der Waals surface area contributed by atoms with Crippen LogP contribution in [0.15, 0.2) is 61.7 Å². The lowest BCUT2D eigenvalue weighted by Gasteiger charge is -2.33. The number of anilines is 1. The van der Waals surface area contributed by atoms with Crippen LogP contribution in [0.25, 0.3) is 0 Å². The van der Waals surface area contributed by atoms with E-state index in [0.29, 0.717) is 28.3 Å². The third-order valence-electron chi connectivity index (χ3n) is 13.7. The Labute approximate surface area is 497 Å². The molecule has 3 aliphatic rings. The molecule has 34 heteroatoms. The van der Waals surface area contributed by atoms with E-state index >= 15 is 0 Å². The molecule has 23 N–H and O–H groups in total. The molecule has 9 amide bonds. The minimum Gasteiger partial charge on any atom is -0.480 e. The molecule has 1 aromatic carbocycles. The number of carbonyl (C=O) groups is 10. The van der Waals surface area contributed by atoms with Gasteiger partial charge in [-0.1, -0.05) is 18.2 Å². The second-order valence-corrected chi connectivity index (χ2v) is 22.3. The number of carbonyl (C=O) groups excluding carboxylic acids is 9. The second kappa shape index (κ2) is 33.2. The van der Waals surface area contributed by atoms with Crippen molar-refractivity contribution in [1.82, 2.24) is 41.7 Å². The molecule has 1 unspecified atom stereocenters. The van der Waals surface area contributed by atoms with Gasteiger partial charge in [0, 0.05) is 61.1 Å². The first-order valence-electron chi connectivity index (χ1n) is 27.3. The molecular formula is C51H77N19O13S2. The van der Waals surface area contributed by atoms with Crippen LogP contribution in [-0.4, -0.2) is 215 Å². The van der Waals surface area contributed by atoms with Gasteiger partial charge in [-0.05, 0) is 74.9 Å². The normalized spacial score (nSPS) is 19.0. The fourth-order valence-electron chi connectivity index (χ4n) is 9.55. The Morgan fingerprint density at radius 2 is 1.34 bits per heavy atom. The van der Waals surface area contributed by atoms with Crippen molar-refractivity contribution >= 4 is 106 Å². The maximum Gasteiger partial charge on any atom is 0.326 e. The van der Waals surface area contributed by atoms with Crippen LogP contribution in [0.4, 0.5) is 5.69 Å². The van der Waals surface area contributed by atoms with Crippen molar-refractivity contribution in [2.75, 3.05) is 63.1 Å². The lowest BCUT2D eigenvalue weighted by molar-refractivity contribution is -0.148. The molecule has 9 atom stereocenters. The number of nitrogens with one attached hydrogen (secondary N) is 6. The SMILES string of the molecule is NC(N)=NCCC[C@@H](N)C(=O)N[C@@H](CCCN=C(N)N)C(=O)N1CCC[C@H]1C(=O)N1CC(O)C[C@H]1C(=O)NCC(=O)N[C@@H](Cc1cccs1)C(=O)N[C@@H](CO)C(=O)N[C@@H]1CSc2ccccc2N(CC(=O)N[C@@H](CCCN=C(N)N)C(=O)O)C1=O. The molecule has 4 heterocycles. The van der Waals surface area contributed by atoms with Crippen LogP contribution >= 0.6 is 23.1 Å². The molecule has 0 radical (unpaired) electrons. The average Bonchev–Trinajstić information content (AvgIpc) is 2.96. The quantitative estimate of drug-likeness (QED) is 0.0190. The zero-order valence-electron chi connectivity index (χ0n) is 46.6. The molecule has 0 spiro atoms. The molecule has 32 nitrogen and oxygen atoms in total. The number of nitrogens with two attached hydrogens (primary N) is 7. The number of carboxylic acid groups (broad SMARTS) is 1. The first-order chi connectivity index (χ1) is 40.5. The zero-order valence-corrected chi connectivity index (χ0v) is 48.3. The number of rotatable bonds is 31. The summed E-state index contributed by atoms with van der Waals surface area (Å²) in [5, 5.41) is 47.8. The summed E-state index contributed by atoms with van der Waals surface area (Å²) in [6.07, 6.45) is 0.126. The molecule has 1 aromatic heterocycles. The first-order valence-corrected chi connectivity index (χ1v) is 29.2. The minimum atomic E-state index is -1.69. The van der Waals surface area contributed by atoms with Crippen molar-refractivity contribution in [3.05, 3.63) is 46.7 Å². The van der Waals surface area contributed by atoms with Gasteiger partial charge in [0.05, 0.1) is 31.0 Å². The van der Waals surface area contributed by atoms with Gasteiger partial charge in [0.15, 0.2) is 17.9 Å². The number of thioether (sulfide) groups is 1. The predicted octanol–water partition coefficient (Wildman–Crippen LogP) is -6.51. The fraction of sp³-hybridized carbons (Fsp3) is 0.549. The van der Waals surface area contributed by atoms with E-state index in [9.17, 15) is 63.3 Å². The number of likely N-dealkylation sites (tertiary alicyclic amines) is 2. The Morgan fingerprint density at radius 1 is 0.718 bits per heavy atom. The van der Waals surface area contributed by atoms with Crippen LogP contribution in [0.5, 0.6) is 0 Å². The number of fused-ring (bicyclic) bond motifs is 1. The van der Waals surface area contributed by atoms with Crippen LogP contribution in [0.2, 0.25) is 0 Å². The molecule has 85 heavy (non-hydrogen) atoms. The smallest absolute Gasteiger partial charge is 0.326 e. The van der Waals surface area contributed by atoms with E-state index in [-0.39, 0.29) is 108 Å². The number of aliphatic imine (C=N–C) groups is 3. The van der Waals surface area contributed by atoms with Crippen molar-refractivity contribution < 1.29 is 63.3 Å². The summed E-state index contributed by atoms with van der Waals surface area (Å²) in [6, 6.07) is -0.417. The highest BCUT2D eigenvalue weighted by Gasteiger charge is 2.46. The molecule has 2 saturated heterocycles. The van der Waals surface area contributed by atoms with Gasteiger partial charge in [0.1, 0.15) is 48.8 Å². The molecule has 2 fully saturated rings. The number of aliphatic hydroxyl groups excluding tert-OH is 2. The summed E-state index contributed by atoms with van der Waals surface area (Å²) in [7, 11) is 0. The van der Waals surface area contributed by atoms with Crippen molar-refractivity contribution in [2.24, 2.45) is 55.1 Å². The van der Waals surface area contributed by atoms with Crippen LogP contribution in [-0.2, 0) is 54.4 Å². The van der Waals surface area contributed by atoms with Crippen molar-refractivity contribution in [3.8, 4) is 0 Å². The molecule has 0 saturated carbocycles. The Hall–Kier alpha value is -8.34. The zero-order chi connectivity index (χ0) is 62.3. The Kier molecular flexibility index (Phi) is 26.4. The highest BCUT2D eigenvalue weighted by molar-refractivity contribution is 7.99. The number of β-amino-alcohol motifs (C(OH)–C–C–N with tert-alkyl or cyclic N) is 1. The summed E-state index contributed by atoms with van der Waals surface area (Å²) in [4.78, 5) is 153. The predicted molar refractivity (Wildman–Crippen MR) is 313 cm³/mol. The van der Waals surface area contributed by atoms with E-state index < -0.39 is 133 Å². The monoisotopic (exact) mass is 1230 g/mol. The van der Waals surface area contributed by atoms with Crippen LogP contribution in [0.1, 0.15) is 62.7 Å². The molecule has 3 aliphatic heterocycles. The van der Waals surface area contributed by atoms with E-state index in [2.05, 4.69) is 46.9 Å². The standard InChI is InChI=1S/C51H77N19O13S2/c52-29(9-3-15-59-49(53)54)41(75)65-30(10-4-16-60-50(55)56)45(79)68-18-6-13-36(68)47(81)69-23-27(72)20-37(69)44(78)62-22-39(73)64-32(21-28-8-7-19-84-28)42(76)66-33(25-71)43(77)67-34-26-85-38-14-2-1-12-35(38)70(46(34)80)24-40(74)63-31(48(82)83)11-5-17-61-51(57)58/h1-2,7-8,12,14,19,27,29-34,36-37,71-72H,3-6,9-11,13,15-18,20-26,52H2,(H,62,78)(H,63,74)(H,64,73)(H,65,75)(H,66,76)(H,67,77)(H,82,83)(H4,53,54,59)(H4,55,56,60)(H4,57,58,61)/t27?,29-,30+,31+,32+,33+,34-,36+,37+/m1/s1. The third kappa shape index (κ3) is 20.7. The number of nitrogens with zero attached hydrogens (tertiary/aromatic N) is 6. The molecular weight excluding hydrogens is 1150 g/mol. The van der Waals surface area contributed by atoms with E-state index in [1.807, 2.05) is 0 Å². The van der Waals surface area contributed by atoms with Gasteiger partial charge in [0.25, 0.3) is 5.91 Å². The lowest BCUT2D eigenvalue weighted by atomic mass is 10.1. The Bertz CT molecular complexity index is 2780. The summed E-state index contributed by atoms with van der Waals surface area (Å²) in [5.41, 5.74) is 38.8. The fourth-order valence-corrected chi connectivity index (χ4v) is 11.4. The average molecular weight is 1230 g/mol. The van der Waals surface area contributed by atoms with Gasteiger partial charge >= 0.3 is 5.97 Å². The number of guanidine groups is 3. The Morgan fingerprint density at radius 3 is 1.96 bits per heavy atom. The van der Waals surface area contributed by atoms with Gasteiger partial charge in [0.2, 0.25) is 47.3 Å². The van der Waals surface area contributed by atoms with Crippen molar-refractivity contribution in [1.29, 1.82) is 0 Å². The number of aliphatic hydroxyl groups is 2. The molecule has 0 bridgehead atoms. The molecule has 5 rings (SSSR count). The number of thiophene rings is 1. The van der Waals surface area contributed by atoms with E-state index in [0.717, 1.165) is 9.80 Å². The van der Waals surface area contributed by atoms with Gasteiger partial charge < -0.3 is 102 Å². The number of hydrogen-bond acceptors (Lipinski definition) is 18. The van der Waals surface area contributed by atoms with Gasteiger partial charge in [-0.25, -0.2) is 4.79 Å². The second-order valence-electron chi connectivity index (χ2n) is 20.2. The summed E-state index contributed by atoms with van der Waals surface area (Å²) in [5.74, 6) is -9.02. The first kappa shape index (κ1) is 67.5. The number of para-hydroxylation sites is 1. The molecule has 466 valence electrons. The van der Waals surface area contributed by atoms with E-state index in [4.69, 9.17) is 40.1 Å². The highest BCUT2D eigenvalue weighted by atomic mass is 32.2. The maximum absolute atomic E-state index is 14.3. The van der Waals surface area contributed by atoms with Crippen molar-refractivity contribution in [2.45, 2.75) is 124 Å². The lowest BCUT2D eigenvalue weighted by Crippen LogP contribution is -2.59. The van der Waals surface area contributed by atoms with Crippen LogP contribution in [0, 0.1) is 0 Å². The highest BCUT2D eigenvalue weighted by Crippen LogP contribution is 2.34. The van der Waals surface area contributed by atoms with Crippen LogP contribution < -0.4 is 76.9 Å². The van der Waals surface area contributed by atoms with Gasteiger partial charge in [-0.15, -0.1) is 23.1 Å². The number of aliphatic carboxylic acids is 1. The number of carboxylic acids is 1. The van der Waals surface area contributed by atoms with Crippen LogP contribution in [0.3, 0.4) is 0 Å². The largest absolute Gasteiger partial charge is 0.480 e. The van der Waals surface area contributed by atoms with E-state index in [1.54, 1.807) is 41.8 Å². The summed E-state index contributed by atoms with van der Waals surface area (Å²) >= 11 is 2.42. The molecule has 0 aliphatic carbocycles. The topological polar surface area (TPSA) is 533 Å². The van der Waals surface area contributed by atoms with Gasteiger partial charge in [-0.3, -0.25) is 58.1 Å².